The highest BCUT2D eigenvalue weighted by Crippen LogP contribution is 2.21. The number of hydrogen-bond donors (Lipinski definition) is 1. The van der Waals surface area contributed by atoms with Gasteiger partial charge in [-0.05, 0) is 26.7 Å². The van der Waals surface area contributed by atoms with Crippen molar-refractivity contribution < 1.29 is 0 Å². The third-order valence-corrected chi connectivity index (χ3v) is 3.52. The molecule has 1 heterocycles. The Kier molecular flexibility index (Phi) is 4.35. The van der Waals surface area contributed by atoms with Crippen LogP contribution in [0.2, 0.25) is 0 Å². The molecule has 0 aromatic carbocycles. The monoisotopic (exact) mass is 233 g/mol. The largest absolute Gasteiger partial charge is 0.366 e. The van der Waals surface area contributed by atoms with Gasteiger partial charge in [0.1, 0.15) is 5.82 Å². The van der Waals surface area contributed by atoms with Crippen LogP contribution in [0, 0.1) is 13.8 Å². The first-order valence-electron chi connectivity index (χ1n) is 6.82. The van der Waals surface area contributed by atoms with Gasteiger partial charge in [0, 0.05) is 12.2 Å². The smallest absolute Gasteiger partial charge is 0.147 e. The molecule has 1 aromatic heterocycles. The van der Waals surface area contributed by atoms with Crippen LogP contribution in [0.4, 0.5) is 5.82 Å². The molecule has 1 aromatic rings. The molecule has 94 valence electrons. The first kappa shape index (κ1) is 12.3. The molecule has 3 heteroatoms. The van der Waals surface area contributed by atoms with Crippen LogP contribution in [0.5, 0.6) is 0 Å². The van der Waals surface area contributed by atoms with Crippen LogP contribution in [-0.2, 0) is 0 Å². The molecule has 0 saturated heterocycles. The Morgan fingerprint density at radius 2 is 1.71 bits per heavy atom. The number of aryl methyl sites for hydroxylation is 2. The van der Waals surface area contributed by atoms with Crippen molar-refractivity contribution in [2.45, 2.75) is 64.8 Å². The van der Waals surface area contributed by atoms with E-state index in [0.717, 1.165) is 17.2 Å². The Balaban J connectivity index is 2.00. The van der Waals surface area contributed by atoms with Crippen LogP contribution >= 0.6 is 0 Å². The van der Waals surface area contributed by atoms with Crippen LogP contribution in [-0.4, -0.2) is 16.0 Å². The molecule has 1 saturated carbocycles. The van der Waals surface area contributed by atoms with Gasteiger partial charge in [-0.1, -0.05) is 32.1 Å². The van der Waals surface area contributed by atoms with Gasteiger partial charge in [-0.2, -0.15) is 0 Å². The van der Waals surface area contributed by atoms with Crippen molar-refractivity contribution in [2.75, 3.05) is 5.32 Å². The van der Waals surface area contributed by atoms with E-state index in [0.29, 0.717) is 6.04 Å². The van der Waals surface area contributed by atoms with Crippen molar-refractivity contribution in [2.24, 2.45) is 0 Å². The predicted molar refractivity (Wildman–Crippen MR) is 71.2 cm³/mol. The molecule has 0 bridgehead atoms. The number of nitrogens with one attached hydrogen (secondary N) is 1. The molecule has 0 unspecified atom stereocenters. The molecule has 17 heavy (non-hydrogen) atoms. The minimum atomic E-state index is 0.588. The van der Waals surface area contributed by atoms with Gasteiger partial charge in [-0.3, -0.25) is 4.98 Å². The van der Waals surface area contributed by atoms with E-state index in [2.05, 4.69) is 15.3 Å². The highest BCUT2D eigenvalue weighted by atomic mass is 15.0. The van der Waals surface area contributed by atoms with Crippen LogP contribution < -0.4 is 5.32 Å². The lowest BCUT2D eigenvalue weighted by Gasteiger charge is -2.22. The second kappa shape index (κ2) is 5.99. The molecular weight excluding hydrogens is 210 g/mol. The Labute approximate surface area is 104 Å². The molecule has 1 fully saturated rings. The minimum Gasteiger partial charge on any atom is -0.366 e. The van der Waals surface area contributed by atoms with E-state index in [1.165, 1.54) is 44.9 Å². The number of anilines is 1. The Morgan fingerprint density at radius 3 is 2.41 bits per heavy atom. The number of hydrogen-bond acceptors (Lipinski definition) is 3. The van der Waals surface area contributed by atoms with E-state index >= 15 is 0 Å². The fourth-order valence-corrected chi connectivity index (χ4v) is 2.47. The molecule has 0 aliphatic heterocycles. The minimum absolute atomic E-state index is 0.588. The summed E-state index contributed by atoms with van der Waals surface area (Å²) in [5.74, 6) is 0.982. The van der Waals surface area contributed by atoms with Crippen LogP contribution in [0.3, 0.4) is 0 Å². The van der Waals surface area contributed by atoms with Gasteiger partial charge in [0.25, 0.3) is 0 Å². The Bertz CT molecular complexity index is 354. The van der Waals surface area contributed by atoms with Crippen molar-refractivity contribution in [1.82, 2.24) is 9.97 Å². The van der Waals surface area contributed by atoms with Gasteiger partial charge in [0.15, 0.2) is 0 Å². The maximum atomic E-state index is 4.55. The highest BCUT2D eigenvalue weighted by Gasteiger charge is 2.13. The first-order chi connectivity index (χ1) is 8.25. The van der Waals surface area contributed by atoms with Crippen molar-refractivity contribution in [3.05, 3.63) is 17.6 Å². The molecule has 1 aliphatic carbocycles. The second-order valence-electron chi connectivity index (χ2n) is 5.13. The van der Waals surface area contributed by atoms with Gasteiger partial charge in [-0.15, -0.1) is 0 Å². The summed E-state index contributed by atoms with van der Waals surface area (Å²) >= 11 is 0. The lowest BCUT2D eigenvalue weighted by Crippen LogP contribution is -2.22. The Hall–Kier alpha value is -1.12. The van der Waals surface area contributed by atoms with E-state index in [9.17, 15) is 0 Å². The molecule has 1 aliphatic rings. The van der Waals surface area contributed by atoms with Gasteiger partial charge in [-0.25, -0.2) is 4.98 Å². The second-order valence-corrected chi connectivity index (χ2v) is 5.13. The standard InChI is InChI=1S/C14H23N3/c1-11-10-15-12(2)14(16-11)17-13-8-6-4-3-5-7-9-13/h10,13H,3-9H2,1-2H3,(H,16,17). The molecule has 3 nitrogen and oxygen atoms in total. The fourth-order valence-electron chi connectivity index (χ4n) is 2.47. The highest BCUT2D eigenvalue weighted by molar-refractivity contribution is 5.40. The van der Waals surface area contributed by atoms with Gasteiger partial charge < -0.3 is 5.32 Å². The number of rotatable bonds is 2. The lowest BCUT2D eigenvalue weighted by atomic mass is 9.97. The average molecular weight is 233 g/mol. The van der Waals surface area contributed by atoms with Crippen LogP contribution in [0.15, 0.2) is 6.20 Å². The van der Waals surface area contributed by atoms with Gasteiger partial charge >= 0.3 is 0 Å². The normalized spacial score (nSPS) is 18.5. The summed E-state index contributed by atoms with van der Waals surface area (Å²) in [6.07, 6.45) is 11.2. The first-order valence-corrected chi connectivity index (χ1v) is 6.82. The van der Waals surface area contributed by atoms with E-state index in [-0.39, 0.29) is 0 Å². The quantitative estimate of drug-likeness (QED) is 0.847. The summed E-state index contributed by atoms with van der Waals surface area (Å²) in [5.41, 5.74) is 2.00. The zero-order valence-electron chi connectivity index (χ0n) is 11.0. The van der Waals surface area contributed by atoms with E-state index < -0.39 is 0 Å². The zero-order valence-corrected chi connectivity index (χ0v) is 11.0. The zero-order chi connectivity index (χ0) is 12.1. The molecule has 0 amide bonds. The Morgan fingerprint density at radius 1 is 1.06 bits per heavy atom. The topological polar surface area (TPSA) is 37.8 Å². The van der Waals surface area contributed by atoms with E-state index in [1.807, 2.05) is 20.0 Å². The predicted octanol–water partition coefficient (Wildman–Crippen LogP) is 3.62. The lowest BCUT2D eigenvalue weighted by molar-refractivity contribution is 0.470. The van der Waals surface area contributed by atoms with Crippen LogP contribution in [0.1, 0.15) is 56.3 Å². The maximum Gasteiger partial charge on any atom is 0.147 e. The van der Waals surface area contributed by atoms with Crippen molar-refractivity contribution in [3.63, 3.8) is 0 Å². The summed E-state index contributed by atoms with van der Waals surface area (Å²) in [6.45, 7) is 4.02. The summed E-state index contributed by atoms with van der Waals surface area (Å²) < 4.78 is 0. The van der Waals surface area contributed by atoms with Gasteiger partial charge in [0.2, 0.25) is 0 Å². The molecule has 0 atom stereocenters. The summed E-state index contributed by atoms with van der Waals surface area (Å²) in [6, 6.07) is 0.588. The summed E-state index contributed by atoms with van der Waals surface area (Å²) in [4.78, 5) is 8.91. The fraction of sp³-hybridized carbons (Fsp3) is 0.714. The van der Waals surface area contributed by atoms with E-state index in [1.54, 1.807) is 0 Å². The molecular formula is C14H23N3. The third-order valence-electron chi connectivity index (χ3n) is 3.52. The number of aromatic nitrogens is 2. The summed E-state index contributed by atoms with van der Waals surface area (Å²) in [5, 5.41) is 3.58. The average Bonchev–Trinajstić information content (AvgIpc) is 2.27. The van der Waals surface area contributed by atoms with Crippen LogP contribution in [0.25, 0.3) is 0 Å². The SMILES string of the molecule is Cc1cnc(C)c(NC2CCCCCCC2)n1. The van der Waals surface area contributed by atoms with E-state index in [4.69, 9.17) is 0 Å². The molecule has 0 radical (unpaired) electrons. The van der Waals surface area contributed by atoms with Crippen molar-refractivity contribution in [3.8, 4) is 0 Å². The maximum absolute atomic E-state index is 4.55. The van der Waals surface area contributed by atoms with Crippen molar-refractivity contribution >= 4 is 5.82 Å². The molecule has 0 spiro atoms. The molecule has 2 rings (SSSR count). The van der Waals surface area contributed by atoms with Crippen molar-refractivity contribution in [1.29, 1.82) is 0 Å². The van der Waals surface area contributed by atoms with Gasteiger partial charge in [0.05, 0.1) is 11.4 Å². The summed E-state index contributed by atoms with van der Waals surface area (Å²) in [7, 11) is 0. The third kappa shape index (κ3) is 3.69. The number of nitrogens with zero attached hydrogens (tertiary/aromatic N) is 2. The molecule has 1 N–H and O–H groups in total.